The van der Waals surface area contributed by atoms with Crippen LogP contribution in [0.3, 0.4) is 0 Å². The van der Waals surface area contributed by atoms with Crippen molar-refractivity contribution in [3.63, 3.8) is 0 Å². The summed E-state index contributed by atoms with van der Waals surface area (Å²) in [5.74, 6) is -0.548. The molecule has 0 heterocycles. The molecule has 3 nitrogen and oxygen atoms in total. The van der Waals surface area contributed by atoms with Crippen molar-refractivity contribution in [3.05, 3.63) is 12.2 Å². The van der Waals surface area contributed by atoms with E-state index in [-0.39, 0.29) is 17.9 Å². The Balaban J connectivity index is 2.25. The summed E-state index contributed by atoms with van der Waals surface area (Å²) in [5.41, 5.74) is 5.73. The summed E-state index contributed by atoms with van der Waals surface area (Å²) >= 11 is 0. The standard InChI is InChI=1S/C8H11NO2/c9-7-5-2-1-4(3-5)6(7)8(10)11/h1-2,4-7H,3,9H2,(H,10,11)/t4-,5-,6-,7+/m0/s1. The first-order valence-electron chi connectivity index (χ1n) is 3.87. The summed E-state index contributed by atoms with van der Waals surface area (Å²) in [5, 5.41) is 8.79. The predicted molar refractivity (Wildman–Crippen MR) is 39.8 cm³/mol. The molecule has 2 rings (SSSR count). The molecule has 0 unspecified atom stereocenters. The fourth-order valence-electron chi connectivity index (χ4n) is 2.21. The van der Waals surface area contributed by atoms with E-state index >= 15 is 0 Å². The van der Waals surface area contributed by atoms with E-state index in [4.69, 9.17) is 10.8 Å². The van der Waals surface area contributed by atoms with Gasteiger partial charge in [0.05, 0.1) is 5.92 Å². The lowest BCUT2D eigenvalue weighted by Crippen LogP contribution is -2.38. The summed E-state index contributed by atoms with van der Waals surface area (Å²) in [4.78, 5) is 10.7. The number of hydrogen-bond donors (Lipinski definition) is 2. The number of hydrogen-bond acceptors (Lipinski definition) is 2. The van der Waals surface area contributed by atoms with Gasteiger partial charge in [-0.2, -0.15) is 0 Å². The minimum atomic E-state index is -0.741. The highest BCUT2D eigenvalue weighted by Gasteiger charge is 2.46. The van der Waals surface area contributed by atoms with E-state index in [2.05, 4.69) is 6.08 Å². The molecule has 2 aliphatic carbocycles. The van der Waals surface area contributed by atoms with Crippen LogP contribution < -0.4 is 5.73 Å². The Morgan fingerprint density at radius 2 is 2.09 bits per heavy atom. The Hall–Kier alpha value is -0.830. The van der Waals surface area contributed by atoms with Gasteiger partial charge < -0.3 is 10.8 Å². The van der Waals surface area contributed by atoms with Crippen LogP contribution in [0.25, 0.3) is 0 Å². The normalized spacial score (nSPS) is 46.6. The highest BCUT2D eigenvalue weighted by Crippen LogP contribution is 2.42. The van der Waals surface area contributed by atoms with Crippen LogP contribution in [0, 0.1) is 17.8 Å². The SMILES string of the molecule is N[C@H]1[C@@H](C(=O)O)[C@H]2C=C[C@H]1C2. The maximum absolute atomic E-state index is 10.7. The van der Waals surface area contributed by atoms with Crippen molar-refractivity contribution < 1.29 is 9.90 Å². The Kier molecular flexibility index (Phi) is 1.29. The molecule has 0 aliphatic heterocycles. The van der Waals surface area contributed by atoms with Gasteiger partial charge in [0.25, 0.3) is 0 Å². The number of aliphatic carboxylic acids is 1. The number of allylic oxidation sites excluding steroid dienone is 1. The van der Waals surface area contributed by atoms with Crippen LogP contribution in [0.2, 0.25) is 0 Å². The number of fused-ring (bicyclic) bond motifs is 2. The zero-order valence-electron chi connectivity index (χ0n) is 6.10. The van der Waals surface area contributed by atoms with Gasteiger partial charge in [-0.3, -0.25) is 4.79 Å². The highest BCUT2D eigenvalue weighted by molar-refractivity contribution is 5.72. The molecule has 60 valence electrons. The zero-order valence-corrected chi connectivity index (χ0v) is 6.10. The molecule has 0 spiro atoms. The molecule has 3 heteroatoms. The molecule has 3 N–H and O–H groups in total. The average molecular weight is 153 g/mol. The number of carbonyl (C=O) groups is 1. The van der Waals surface area contributed by atoms with Gasteiger partial charge in [0.1, 0.15) is 0 Å². The van der Waals surface area contributed by atoms with Crippen molar-refractivity contribution in [1.82, 2.24) is 0 Å². The largest absolute Gasteiger partial charge is 0.481 e. The highest BCUT2D eigenvalue weighted by atomic mass is 16.4. The monoisotopic (exact) mass is 153 g/mol. The quantitative estimate of drug-likeness (QED) is 0.530. The molecule has 0 aromatic heterocycles. The third kappa shape index (κ3) is 0.807. The molecule has 0 saturated heterocycles. The van der Waals surface area contributed by atoms with Crippen molar-refractivity contribution in [3.8, 4) is 0 Å². The first kappa shape index (κ1) is 6.85. The first-order chi connectivity index (χ1) is 5.20. The van der Waals surface area contributed by atoms with E-state index in [1.807, 2.05) is 6.08 Å². The summed E-state index contributed by atoms with van der Waals surface area (Å²) in [6.45, 7) is 0. The van der Waals surface area contributed by atoms with Gasteiger partial charge in [0.2, 0.25) is 0 Å². The summed E-state index contributed by atoms with van der Waals surface area (Å²) < 4.78 is 0. The van der Waals surface area contributed by atoms with Crippen LogP contribution in [0.1, 0.15) is 6.42 Å². The maximum atomic E-state index is 10.7. The lowest BCUT2D eigenvalue weighted by Gasteiger charge is -2.19. The second-order valence-electron chi connectivity index (χ2n) is 3.39. The molecule has 0 amide bonds. The lowest BCUT2D eigenvalue weighted by atomic mass is 9.90. The van der Waals surface area contributed by atoms with Gasteiger partial charge in [-0.1, -0.05) is 12.2 Å². The summed E-state index contributed by atoms with van der Waals surface area (Å²) in [6, 6.07) is -0.150. The Labute approximate surface area is 64.9 Å². The third-order valence-electron chi connectivity index (χ3n) is 2.81. The van der Waals surface area contributed by atoms with E-state index in [1.54, 1.807) is 0 Å². The van der Waals surface area contributed by atoms with E-state index in [0.29, 0.717) is 5.92 Å². The van der Waals surface area contributed by atoms with Gasteiger partial charge in [-0.05, 0) is 18.3 Å². The van der Waals surface area contributed by atoms with Crippen molar-refractivity contribution in [1.29, 1.82) is 0 Å². The van der Waals surface area contributed by atoms with Crippen LogP contribution in [0.4, 0.5) is 0 Å². The second-order valence-corrected chi connectivity index (χ2v) is 3.39. The van der Waals surface area contributed by atoms with Crippen molar-refractivity contribution in [2.24, 2.45) is 23.5 Å². The van der Waals surface area contributed by atoms with Gasteiger partial charge in [0, 0.05) is 6.04 Å². The summed E-state index contributed by atoms with van der Waals surface area (Å²) in [7, 11) is 0. The van der Waals surface area contributed by atoms with Crippen molar-refractivity contribution >= 4 is 5.97 Å². The lowest BCUT2D eigenvalue weighted by molar-refractivity contribution is -0.143. The molecule has 0 radical (unpaired) electrons. The molecular formula is C8H11NO2. The average Bonchev–Trinajstić information content (AvgIpc) is 2.44. The van der Waals surface area contributed by atoms with Crippen LogP contribution in [0.5, 0.6) is 0 Å². The van der Waals surface area contributed by atoms with Crippen LogP contribution >= 0.6 is 0 Å². The minimum absolute atomic E-state index is 0.150. The number of carboxylic acid groups (broad SMARTS) is 1. The minimum Gasteiger partial charge on any atom is -0.481 e. The van der Waals surface area contributed by atoms with Crippen LogP contribution in [-0.4, -0.2) is 17.1 Å². The van der Waals surface area contributed by atoms with E-state index in [9.17, 15) is 4.79 Å². The Bertz CT molecular complexity index is 224. The molecule has 11 heavy (non-hydrogen) atoms. The topological polar surface area (TPSA) is 63.3 Å². The molecule has 4 atom stereocenters. The smallest absolute Gasteiger partial charge is 0.308 e. The second kappa shape index (κ2) is 2.08. The predicted octanol–water partition coefficient (Wildman–Crippen LogP) is 0.220. The Morgan fingerprint density at radius 1 is 1.45 bits per heavy atom. The molecule has 1 saturated carbocycles. The third-order valence-corrected chi connectivity index (χ3v) is 2.81. The first-order valence-corrected chi connectivity index (χ1v) is 3.87. The molecule has 0 aromatic rings. The number of rotatable bonds is 1. The summed E-state index contributed by atoms with van der Waals surface area (Å²) in [6.07, 6.45) is 4.99. The van der Waals surface area contributed by atoms with E-state index < -0.39 is 5.97 Å². The van der Waals surface area contributed by atoms with Crippen molar-refractivity contribution in [2.75, 3.05) is 0 Å². The van der Waals surface area contributed by atoms with E-state index in [0.717, 1.165) is 6.42 Å². The molecular weight excluding hydrogens is 142 g/mol. The molecule has 1 fully saturated rings. The van der Waals surface area contributed by atoms with Gasteiger partial charge in [0.15, 0.2) is 0 Å². The van der Waals surface area contributed by atoms with Gasteiger partial charge in [-0.15, -0.1) is 0 Å². The Morgan fingerprint density at radius 3 is 2.45 bits per heavy atom. The fourth-order valence-corrected chi connectivity index (χ4v) is 2.21. The molecule has 2 bridgehead atoms. The van der Waals surface area contributed by atoms with Gasteiger partial charge >= 0.3 is 5.97 Å². The number of carboxylic acids is 1. The van der Waals surface area contributed by atoms with Crippen LogP contribution in [0.15, 0.2) is 12.2 Å². The zero-order chi connectivity index (χ0) is 8.01. The van der Waals surface area contributed by atoms with Crippen molar-refractivity contribution in [2.45, 2.75) is 12.5 Å². The number of nitrogens with two attached hydrogens (primary N) is 1. The molecule has 2 aliphatic rings. The van der Waals surface area contributed by atoms with Crippen LogP contribution in [-0.2, 0) is 4.79 Å². The fraction of sp³-hybridized carbons (Fsp3) is 0.625. The maximum Gasteiger partial charge on any atom is 0.308 e. The van der Waals surface area contributed by atoms with E-state index in [1.165, 1.54) is 0 Å². The molecule has 0 aromatic carbocycles. The van der Waals surface area contributed by atoms with Gasteiger partial charge in [-0.25, -0.2) is 0 Å².